The predicted molar refractivity (Wildman–Crippen MR) is 153 cm³/mol. The molecule has 0 amide bonds. The van der Waals surface area contributed by atoms with Crippen LogP contribution in [0.1, 0.15) is 41.4 Å². The Morgan fingerprint density at radius 1 is 0.300 bits per heavy atom. The summed E-state index contributed by atoms with van der Waals surface area (Å²) in [4.78, 5) is 41.8. The molecule has 0 saturated heterocycles. The van der Waals surface area contributed by atoms with Gasteiger partial charge in [-0.15, -0.1) is 0 Å². The summed E-state index contributed by atoms with van der Waals surface area (Å²) in [6, 6.07) is 35.4. The first-order valence-electron chi connectivity index (χ1n) is 10.3. The zero-order valence-electron chi connectivity index (χ0n) is 22.8. The van der Waals surface area contributed by atoms with Crippen LogP contribution in [0.3, 0.4) is 0 Å². The Morgan fingerprint density at radius 3 is 0.500 bits per heavy atom. The Hall–Kier alpha value is 0.440. The van der Waals surface area contributed by atoms with Gasteiger partial charge in [-0.25, -0.2) is 0 Å². The third-order valence-corrected chi connectivity index (χ3v) is 4.98. The van der Waals surface area contributed by atoms with Crippen molar-refractivity contribution in [3.8, 4) is 0 Å². The summed E-state index contributed by atoms with van der Waals surface area (Å²) in [5.41, 5.74) is 2.36. The molecule has 0 spiro atoms. The second kappa shape index (κ2) is 29.5. The number of hydrogen-bond donors (Lipinski definition) is 0. The molecular formula is C28H20Na4O4S4. The SMILES string of the molecule is O=C([S-])c1ccccc1.O=C([S-])c1ccccc1.O=C([S-])c1ccccc1.O=C([S-])c1ccccc1.[Na+].[Na+].[Na+].[Na+]. The number of carbonyl (C=O) groups is 4. The summed E-state index contributed by atoms with van der Waals surface area (Å²) in [6.45, 7) is 0. The van der Waals surface area contributed by atoms with Crippen molar-refractivity contribution in [1.82, 2.24) is 0 Å². The molecule has 0 unspecified atom stereocenters. The van der Waals surface area contributed by atoms with E-state index in [1.165, 1.54) is 0 Å². The molecule has 0 atom stereocenters. The van der Waals surface area contributed by atoms with Crippen LogP contribution in [0.25, 0.3) is 0 Å². The summed E-state index contributed by atoms with van der Waals surface area (Å²) in [6.07, 6.45) is 0. The molecule has 4 rings (SSSR count). The molecule has 4 aromatic carbocycles. The standard InChI is InChI=1S/4C7H6OS.4Na/c4*8-7(9)6-4-2-1-3-5-6;;;;/h4*1-5H,(H,8,9);;;;/q;;;;4*+1/p-4. The fraction of sp³-hybridized carbons (Fsp3) is 0. The van der Waals surface area contributed by atoms with E-state index in [0.717, 1.165) is 0 Å². The van der Waals surface area contributed by atoms with Crippen LogP contribution in [-0.4, -0.2) is 20.5 Å². The molecule has 0 aliphatic heterocycles. The van der Waals surface area contributed by atoms with Gasteiger partial charge in [-0.2, -0.15) is 0 Å². The summed E-state index contributed by atoms with van der Waals surface area (Å²) in [7, 11) is 0. The molecule has 0 aliphatic rings. The van der Waals surface area contributed by atoms with Gasteiger partial charge >= 0.3 is 118 Å². The van der Waals surface area contributed by atoms with Crippen LogP contribution >= 0.6 is 0 Å². The molecule has 0 bridgehead atoms. The molecule has 4 nitrogen and oxygen atoms in total. The molecule has 0 aliphatic carbocycles. The monoisotopic (exact) mass is 640 g/mol. The normalized spacial score (nSPS) is 8.00. The second-order valence-electron chi connectivity index (χ2n) is 6.61. The van der Waals surface area contributed by atoms with E-state index in [1.807, 2.05) is 24.3 Å². The van der Waals surface area contributed by atoms with Gasteiger partial charge in [0.05, 0.1) is 0 Å². The van der Waals surface area contributed by atoms with Gasteiger partial charge in [0, 0.05) is 20.5 Å². The molecule has 184 valence electrons. The zero-order valence-corrected chi connectivity index (χ0v) is 34.1. The Balaban J connectivity index is -0.000000209. The first-order valence-corrected chi connectivity index (χ1v) is 11.9. The molecule has 12 heteroatoms. The third-order valence-electron chi connectivity index (χ3n) is 4.04. The first-order chi connectivity index (χ1) is 17.2. The van der Waals surface area contributed by atoms with Crippen molar-refractivity contribution in [2.75, 3.05) is 0 Å². The number of benzene rings is 4. The van der Waals surface area contributed by atoms with Gasteiger partial charge in [0.1, 0.15) is 0 Å². The molecule has 0 radical (unpaired) electrons. The van der Waals surface area contributed by atoms with Crippen LogP contribution in [0.15, 0.2) is 121 Å². The van der Waals surface area contributed by atoms with E-state index in [0.29, 0.717) is 22.3 Å². The van der Waals surface area contributed by atoms with Crippen molar-refractivity contribution < 1.29 is 137 Å². The van der Waals surface area contributed by atoms with E-state index in [9.17, 15) is 19.2 Å². The summed E-state index contributed by atoms with van der Waals surface area (Å²) in [5.74, 6) is 0. The maximum Gasteiger partial charge on any atom is 1.00 e. The molecule has 40 heavy (non-hydrogen) atoms. The maximum atomic E-state index is 10.5. The predicted octanol–water partition coefficient (Wildman–Crippen LogP) is -6.49. The molecule has 0 aromatic heterocycles. The second-order valence-corrected chi connectivity index (χ2v) is 8.10. The Kier molecular flexibility index (Phi) is 34.9. The molecule has 0 fully saturated rings. The number of rotatable bonds is 4. The maximum absolute atomic E-state index is 10.5. The molecule has 0 heterocycles. The van der Waals surface area contributed by atoms with E-state index in [1.54, 1.807) is 97.1 Å². The third kappa shape index (κ3) is 23.0. The van der Waals surface area contributed by atoms with Gasteiger partial charge < -0.3 is 69.7 Å². The van der Waals surface area contributed by atoms with Gasteiger partial charge in [0.15, 0.2) is 0 Å². The van der Waals surface area contributed by atoms with Crippen molar-refractivity contribution in [3.05, 3.63) is 144 Å². The van der Waals surface area contributed by atoms with Crippen LogP contribution < -0.4 is 118 Å². The van der Waals surface area contributed by atoms with Gasteiger partial charge in [-0.1, -0.05) is 121 Å². The van der Waals surface area contributed by atoms with Crippen molar-refractivity contribution in [3.63, 3.8) is 0 Å². The van der Waals surface area contributed by atoms with Crippen molar-refractivity contribution >= 4 is 71.0 Å². The van der Waals surface area contributed by atoms with E-state index >= 15 is 0 Å². The Morgan fingerprint density at radius 2 is 0.425 bits per heavy atom. The molecule has 0 saturated carbocycles. The van der Waals surface area contributed by atoms with Gasteiger partial charge in [0.25, 0.3) is 0 Å². The fourth-order valence-corrected chi connectivity index (χ4v) is 2.84. The van der Waals surface area contributed by atoms with Crippen LogP contribution in [-0.2, 0) is 50.5 Å². The van der Waals surface area contributed by atoms with Crippen molar-refractivity contribution in [2.24, 2.45) is 0 Å². The summed E-state index contributed by atoms with van der Waals surface area (Å²) >= 11 is 17.6. The van der Waals surface area contributed by atoms with Crippen LogP contribution in [0.4, 0.5) is 0 Å². The fourth-order valence-electron chi connectivity index (χ4n) is 2.30. The average molecular weight is 641 g/mol. The van der Waals surface area contributed by atoms with Crippen molar-refractivity contribution in [1.29, 1.82) is 0 Å². The zero-order chi connectivity index (χ0) is 26.8. The van der Waals surface area contributed by atoms with Crippen molar-refractivity contribution in [2.45, 2.75) is 0 Å². The molecule has 0 N–H and O–H groups in total. The molecule has 4 aromatic rings. The minimum atomic E-state index is -0.296. The van der Waals surface area contributed by atoms with E-state index in [2.05, 4.69) is 50.5 Å². The van der Waals surface area contributed by atoms with E-state index in [4.69, 9.17) is 0 Å². The molecular weight excluding hydrogens is 621 g/mol. The van der Waals surface area contributed by atoms with E-state index in [-0.39, 0.29) is 139 Å². The summed E-state index contributed by atoms with van der Waals surface area (Å²) in [5, 5.41) is -1.18. The van der Waals surface area contributed by atoms with Gasteiger partial charge in [0.2, 0.25) is 0 Å². The quantitative estimate of drug-likeness (QED) is 0.161. The summed E-state index contributed by atoms with van der Waals surface area (Å²) < 4.78 is 0. The smallest absolute Gasteiger partial charge is 0.737 e. The topological polar surface area (TPSA) is 68.3 Å². The van der Waals surface area contributed by atoms with Crippen LogP contribution in [0.5, 0.6) is 0 Å². The van der Waals surface area contributed by atoms with E-state index < -0.39 is 0 Å². The first kappa shape index (κ1) is 47.4. The van der Waals surface area contributed by atoms with Crippen LogP contribution in [0.2, 0.25) is 0 Å². The average Bonchev–Trinajstić information content (AvgIpc) is 2.92. The minimum Gasteiger partial charge on any atom is -0.737 e. The number of carbonyl (C=O) groups excluding carboxylic acids is 4. The minimum absolute atomic E-state index is 0. The van der Waals surface area contributed by atoms with Gasteiger partial charge in [-0.05, 0) is 22.3 Å². The van der Waals surface area contributed by atoms with Gasteiger partial charge in [-0.3, -0.25) is 0 Å². The Labute approximate surface area is 346 Å². The Bertz CT molecular complexity index is 1040. The largest absolute Gasteiger partial charge is 1.00 e. The van der Waals surface area contributed by atoms with Crippen LogP contribution in [0, 0.1) is 0 Å². The number of hydrogen-bond acceptors (Lipinski definition) is 8.